The highest BCUT2D eigenvalue weighted by atomic mass is 32.2. The zero-order valence-electron chi connectivity index (χ0n) is 10.7. The van der Waals surface area contributed by atoms with E-state index in [1.165, 1.54) is 13.4 Å². The van der Waals surface area contributed by atoms with Crippen LogP contribution in [-0.4, -0.2) is 39.2 Å². The van der Waals surface area contributed by atoms with Crippen LogP contribution in [0.4, 0.5) is 0 Å². The number of ether oxygens (including phenoxy) is 1. The molecule has 2 heterocycles. The molecule has 0 saturated carbocycles. The molecule has 0 spiro atoms. The molecule has 2 aromatic heterocycles. The lowest BCUT2D eigenvalue weighted by molar-refractivity contribution is 0.353. The first-order valence-corrected chi connectivity index (χ1v) is 7.08. The molecule has 0 aromatic carbocycles. The number of aromatic nitrogens is 4. The summed E-state index contributed by atoms with van der Waals surface area (Å²) in [6.07, 6.45) is 4.20. The second kappa shape index (κ2) is 6.48. The zero-order valence-corrected chi connectivity index (χ0v) is 11.6. The SMILES string of the molecule is COc1cc(-c2noc(C(N)CCSC)n2)ncn1. The fraction of sp³-hybridized carbons (Fsp3) is 0.455. The predicted molar refractivity (Wildman–Crippen MR) is 71.8 cm³/mol. The summed E-state index contributed by atoms with van der Waals surface area (Å²) in [6.45, 7) is 0. The van der Waals surface area contributed by atoms with E-state index >= 15 is 0 Å². The van der Waals surface area contributed by atoms with Crippen molar-refractivity contribution in [3.8, 4) is 17.4 Å². The summed E-state index contributed by atoms with van der Waals surface area (Å²) < 4.78 is 10.2. The number of thioether (sulfide) groups is 1. The maximum Gasteiger partial charge on any atom is 0.243 e. The molecule has 2 N–H and O–H groups in total. The van der Waals surface area contributed by atoms with Crippen LogP contribution in [0.15, 0.2) is 16.9 Å². The molecular formula is C11H15N5O2S. The second-order valence-corrected chi connectivity index (χ2v) is 4.78. The average molecular weight is 281 g/mol. The Bertz CT molecular complexity index is 533. The monoisotopic (exact) mass is 281 g/mol. The van der Waals surface area contributed by atoms with Gasteiger partial charge in [-0.05, 0) is 18.4 Å². The van der Waals surface area contributed by atoms with E-state index in [0.29, 0.717) is 23.3 Å². The first-order chi connectivity index (χ1) is 9.24. The van der Waals surface area contributed by atoms with Gasteiger partial charge in [0.05, 0.1) is 13.2 Å². The average Bonchev–Trinajstić information content (AvgIpc) is 2.94. The van der Waals surface area contributed by atoms with E-state index in [4.69, 9.17) is 15.0 Å². The zero-order chi connectivity index (χ0) is 13.7. The van der Waals surface area contributed by atoms with Crippen molar-refractivity contribution in [1.29, 1.82) is 0 Å². The Morgan fingerprint density at radius 1 is 1.47 bits per heavy atom. The van der Waals surface area contributed by atoms with Gasteiger partial charge in [0.25, 0.3) is 0 Å². The van der Waals surface area contributed by atoms with Crippen LogP contribution in [0, 0.1) is 0 Å². The lowest BCUT2D eigenvalue weighted by Crippen LogP contribution is -2.11. The third-order valence-corrected chi connectivity index (χ3v) is 3.12. The molecule has 0 aliphatic rings. The molecule has 8 heteroatoms. The number of nitrogens with zero attached hydrogens (tertiary/aromatic N) is 4. The number of hydrogen-bond donors (Lipinski definition) is 1. The predicted octanol–water partition coefficient (Wildman–Crippen LogP) is 1.29. The van der Waals surface area contributed by atoms with Gasteiger partial charge < -0.3 is 15.0 Å². The van der Waals surface area contributed by atoms with Crippen molar-refractivity contribution >= 4 is 11.8 Å². The standard InChI is InChI=1S/C11H15N5O2S/c1-17-9-5-8(13-6-14-9)10-15-11(18-16-10)7(12)3-4-19-2/h5-7H,3-4,12H2,1-2H3. The van der Waals surface area contributed by atoms with E-state index in [0.717, 1.165) is 12.2 Å². The molecule has 1 unspecified atom stereocenters. The Morgan fingerprint density at radius 2 is 2.32 bits per heavy atom. The molecule has 102 valence electrons. The largest absolute Gasteiger partial charge is 0.481 e. The molecule has 0 amide bonds. The summed E-state index contributed by atoms with van der Waals surface area (Å²) in [6, 6.07) is 1.39. The van der Waals surface area contributed by atoms with Gasteiger partial charge in [0.1, 0.15) is 12.0 Å². The summed E-state index contributed by atoms with van der Waals surface area (Å²) >= 11 is 1.73. The minimum absolute atomic E-state index is 0.252. The lowest BCUT2D eigenvalue weighted by Gasteiger charge is -2.03. The molecule has 7 nitrogen and oxygen atoms in total. The topological polar surface area (TPSA) is 100.0 Å². The lowest BCUT2D eigenvalue weighted by atomic mass is 10.2. The Kier molecular flexibility index (Phi) is 4.69. The molecule has 0 radical (unpaired) electrons. The van der Waals surface area contributed by atoms with Crippen LogP contribution >= 0.6 is 11.8 Å². The van der Waals surface area contributed by atoms with Crippen molar-refractivity contribution in [3.05, 3.63) is 18.3 Å². The van der Waals surface area contributed by atoms with E-state index < -0.39 is 0 Å². The minimum atomic E-state index is -0.252. The fourth-order valence-corrected chi connectivity index (χ4v) is 1.92. The molecule has 2 aromatic rings. The summed E-state index contributed by atoms with van der Waals surface area (Å²) in [7, 11) is 1.53. The van der Waals surface area contributed by atoms with Crippen molar-refractivity contribution < 1.29 is 9.26 Å². The maximum atomic E-state index is 5.96. The van der Waals surface area contributed by atoms with Crippen LogP contribution in [0.3, 0.4) is 0 Å². The van der Waals surface area contributed by atoms with Gasteiger partial charge in [0, 0.05) is 6.07 Å². The number of methoxy groups -OCH3 is 1. The fourth-order valence-electron chi connectivity index (χ4n) is 1.43. The highest BCUT2D eigenvalue weighted by molar-refractivity contribution is 7.98. The van der Waals surface area contributed by atoms with E-state index in [9.17, 15) is 0 Å². The molecule has 0 aliphatic carbocycles. The third kappa shape index (κ3) is 3.42. The van der Waals surface area contributed by atoms with Gasteiger partial charge in [0.15, 0.2) is 0 Å². The first kappa shape index (κ1) is 13.8. The van der Waals surface area contributed by atoms with Gasteiger partial charge >= 0.3 is 0 Å². The molecule has 0 bridgehead atoms. The van der Waals surface area contributed by atoms with E-state index in [1.807, 2.05) is 6.26 Å². The van der Waals surface area contributed by atoms with E-state index in [2.05, 4.69) is 20.1 Å². The van der Waals surface area contributed by atoms with Gasteiger partial charge in [-0.2, -0.15) is 16.7 Å². The highest BCUT2D eigenvalue weighted by Crippen LogP contribution is 2.20. The van der Waals surface area contributed by atoms with Gasteiger partial charge in [-0.3, -0.25) is 0 Å². The quantitative estimate of drug-likeness (QED) is 0.845. The van der Waals surface area contributed by atoms with Crippen molar-refractivity contribution in [2.45, 2.75) is 12.5 Å². The van der Waals surface area contributed by atoms with Gasteiger partial charge in [0.2, 0.25) is 17.6 Å². The Morgan fingerprint density at radius 3 is 3.05 bits per heavy atom. The third-order valence-electron chi connectivity index (χ3n) is 2.47. The number of nitrogens with two attached hydrogens (primary N) is 1. The van der Waals surface area contributed by atoms with Crippen LogP contribution in [-0.2, 0) is 0 Å². The Hall–Kier alpha value is -1.67. The van der Waals surface area contributed by atoms with Crippen molar-refractivity contribution in [3.63, 3.8) is 0 Å². The van der Waals surface area contributed by atoms with Gasteiger partial charge in [-0.15, -0.1) is 0 Å². The molecular weight excluding hydrogens is 266 g/mol. The molecule has 2 rings (SSSR count). The van der Waals surface area contributed by atoms with Crippen LogP contribution in [0.1, 0.15) is 18.4 Å². The van der Waals surface area contributed by atoms with Crippen molar-refractivity contribution in [2.24, 2.45) is 5.73 Å². The van der Waals surface area contributed by atoms with E-state index in [1.54, 1.807) is 17.8 Å². The molecule has 1 atom stereocenters. The number of rotatable bonds is 6. The van der Waals surface area contributed by atoms with Crippen molar-refractivity contribution in [2.75, 3.05) is 19.1 Å². The van der Waals surface area contributed by atoms with Crippen LogP contribution in [0.2, 0.25) is 0 Å². The molecule has 19 heavy (non-hydrogen) atoms. The molecule has 0 aliphatic heterocycles. The summed E-state index contributed by atoms with van der Waals surface area (Å²) in [4.78, 5) is 12.2. The smallest absolute Gasteiger partial charge is 0.243 e. The van der Waals surface area contributed by atoms with Crippen LogP contribution < -0.4 is 10.5 Å². The van der Waals surface area contributed by atoms with Crippen LogP contribution in [0.5, 0.6) is 5.88 Å². The normalized spacial score (nSPS) is 12.4. The first-order valence-electron chi connectivity index (χ1n) is 5.69. The van der Waals surface area contributed by atoms with Gasteiger partial charge in [-0.25, -0.2) is 9.97 Å². The van der Waals surface area contributed by atoms with E-state index in [-0.39, 0.29) is 6.04 Å². The summed E-state index contributed by atoms with van der Waals surface area (Å²) in [5.74, 6) is 2.19. The number of hydrogen-bond acceptors (Lipinski definition) is 8. The minimum Gasteiger partial charge on any atom is -0.481 e. The Balaban J connectivity index is 2.15. The van der Waals surface area contributed by atoms with Crippen molar-refractivity contribution in [1.82, 2.24) is 20.1 Å². The van der Waals surface area contributed by atoms with Crippen LogP contribution in [0.25, 0.3) is 11.5 Å². The highest BCUT2D eigenvalue weighted by Gasteiger charge is 2.16. The molecule has 0 saturated heterocycles. The summed E-state index contributed by atoms with van der Waals surface area (Å²) in [5, 5.41) is 3.87. The maximum absolute atomic E-state index is 5.96. The summed E-state index contributed by atoms with van der Waals surface area (Å²) in [5.41, 5.74) is 6.50. The molecule has 0 fully saturated rings. The second-order valence-electron chi connectivity index (χ2n) is 3.79. The Labute approximate surface area is 115 Å². The van der Waals surface area contributed by atoms with Gasteiger partial charge in [-0.1, -0.05) is 5.16 Å².